The first-order chi connectivity index (χ1) is 8.34. The van der Waals surface area contributed by atoms with Crippen LogP contribution in [0.3, 0.4) is 0 Å². The van der Waals surface area contributed by atoms with Gasteiger partial charge in [-0.05, 0) is 23.8 Å². The number of nitrogens with one attached hydrogen (secondary N) is 2. The zero-order valence-corrected chi connectivity index (χ0v) is 10.00. The molecule has 0 aliphatic carbocycles. The number of rotatable bonds is 1. The van der Waals surface area contributed by atoms with E-state index in [9.17, 15) is 0 Å². The minimum atomic E-state index is 0.140. The van der Waals surface area contributed by atoms with Crippen molar-refractivity contribution in [3.8, 4) is 0 Å². The Morgan fingerprint density at radius 2 is 1.59 bits per heavy atom. The first kappa shape index (κ1) is 10.3. The highest BCUT2D eigenvalue weighted by atomic mass is 32.1. The number of thiocarbonyl (C=S) groups is 1. The predicted octanol–water partition coefficient (Wildman–Crippen LogP) is 3.08. The number of hydrogen-bond donors (Lipinski definition) is 2. The summed E-state index contributed by atoms with van der Waals surface area (Å²) < 4.78 is 0. The maximum Gasteiger partial charge on any atom is 0.171 e. The molecule has 2 nitrogen and oxygen atoms in total. The Labute approximate surface area is 106 Å². The van der Waals surface area contributed by atoms with Gasteiger partial charge in [0.25, 0.3) is 0 Å². The van der Waals surface area contributed by atoms with Gasteiger partial charge in [0.15, 0.2) is 5.11 Å². The van der Waals surface area contributed by atoms with E-state index in [0.717, 1.165) is 5.69 Å². The van der Waals surface area contributed by atoms with Crippen molar-refractivity contribution in [3.05, 3.63) is 65.7 Å². The molecule has 2 aromatic rings. The average molecular weight is 240 g/mol. The van der Waals surface area contributed by atoms with Gasteiger partial charge in [0.05, 0.1) is 6.04 Å². The van der Waals surface area contributed by atoms with E-state index in [2.05, 4.69) is 34.9 Å². The molecule has 1 aliphatic heterocycles. The van der Waals surface area contributed by atoms with E-state index >= 15 is 0 Å². The summed E-state index contributed by atoms with van der Waals surface area (Å²) in [6.45, 7) is 0. The second kappa shape index (κ2) is 4.18. The van der Waals surface area contributed by atoms with Crippen LogP contribution in [-0.2, 0) is 0 Å². The normalized spacial score (nSPS) is 17.9. The largest absolute Gasteiger partial charge is 0.351 e. The maximum atomic E-state index is 5.24. The molecule has 3 rings (SSSR count). The Hall–Kier alpha value is -1.87. The Kier molecular flexibility index (Phi) is 2.53. The maximum absolute atomic E-state index is 5.24. The summed E-state index contributed by atoms with van der Waals surface area (Å²) in [5.41, 5.74) is 3.54. The summed E-state index contributed by atoms with van der Waals surface area (Å²) in [5.74, 6) is 0. The molecule has 0 spiro atoms. The van der Waals surface area contributed by atoms with E-state index in [1.54, 1.807) is 0 Å². The Bertz CT molecular complexity index is 551. The van der Waals surface area contributed by atoms with Gasteiger partial charge >= 0.3 is 0 Å². The Balaban J connectivity index is 2.10. The van der Waals surface area contributed by atoms with Crippen LogP contribution in [0.25, 0.3) is 0 Å². The summed E-state index contributed by atoms with van der Waals surface area (Å²) in [6, 6.07) is 18.7. The SMILES string of the molecule is S=C1Nc2ccccc2C(c2ccccc2)N1. The predicted molar refractivity (Wildman–Crippen MR) is 74.1 cm³/mol. The number of benzene rings is 2. The molecule has 0 saturated heterocycles. The third-order valence-corrected chi connectivity index (χ3v) is 3.15. The lowest BCUT2D eigenvalue weighted by Crippen LogP contribution is -2.37. The molecule has 1 heterocycles. The second-order valence-corrected chi connectivity index (χ2v) is 4.44. The molecule has 1 aliphatic rings. The van der Waals surface area contributed by atoms with Gasteiger partial charge in [-0.25, -0.2) is 0 Å². The molecule has 0 radical (unpaired) electrons. The summed E-state index contributed by atoms with van der Waals surface area (Å²) in [7, 11) is 0. The number of para-hydroxylation sites is 1. The first-order valence-corrected chi connectivity index (χ1v) is 5.97. The Morgan fingerprint density at radius 1 is 0.882 bits per heavy atom. The fourth-order valence-corrected chi connectivity index (χ4v) is 2.37. The van der Waals surface area contributed by atoms with Gasteiger partial charge in [-0.2, -0.15) is 0 Å². The van der Waals surface area contributed by atoms with Gasteiger partial charge in [0.2, 0.25) is 0 Å². The van der Waals surface area contributed by atoms with Gasteiger partial charge in [-0.15, -0.1) is 0 Å². The quantitative estimate of drug-likeness (QED) is 0.749. The molecule has 0 fully saturated rings. The highest BCUT2D eigenvalue weighted by Gasteiger charge is 2.22. The van der Waals surface area contributed by atoms with Crippen molar-refractivity contribution >= 4 is 23.0 Å². The molecular formula is C14H12N2S. The van der Waals surface area contributed by atoms with Crippen molar-refractivity contribution in [2.24, 2.45) is 0 Å². The van der Waals surface area contributed by atoms with E-state index in [-0.39, 0.29) is 6.04 Å². The molecule has 0 aromatic heterocycles. The molecule has 17 heavy (non-hydrogen) atoms. The molecule has 0 amide bonds. The van der Waals surface area contributed by atoms with E-state index in [4.69, 9.17) is 12.2 Å². The number of anilines is 1. The molecule has 0 saturated carbocycles. The van der Waals surface area contributed by atoms with Crippen molar-refractivity contribution < 1.29 is 0 Å². The van der Waals surface area contributed by atoms with Crippen LogP contribution in [0, 0.1) is 0 Å². The van der Waals surface area contributed by atoms with Crippen LogP contribution < -0.4 is 10.6 Å². The number of hydrogen-bond acceptors (Lipinski definition) is 1. The van der Waals surface area contributed by atoms with E-state index in [1.807, 2.05) is 30.3 Å². The molecule has 0 bridgehead atoms. The zero-order chi connectivity index (χ0) is 11.7. The van der Waals surface area contributed by atoms with Crippen LogP contribution >= 0.6 is 12.2 Å². The summed E-state index contributed by atoms with van der Waals surface area (Å²) in [4.78, 5) is 0. The summed E-state index contributed by atoms with van der Waals surface area (Å²) in [5, 5.41) is 7.17. The van der Waals surface area contributed by atoms with Crippen LogP contribution in [-0.4, -0.2) is 5.11 Å². The molecule has 1 atom stereocenters. The van der Waals surface area contributed by atoms with Crippen LogP contribution in [0.5, 0.6) is 0 Å². The third-order valence-electron chi connectivity index (χ3n) is 2.93. The van der Waals surface area contributed by atoms with Crippen molar-refractivity contribution in [2.75, 3.05) is 5.32 Å². The van der Waals surface area contributed by atoms with Crippen LogP contribution in [0.2, 0.25) is 0 Å². The monoisotopic (exact) mass is 240 g/mol. The lowest BCUT2D eigenvalue weighted by Gasteiger charge is -2.29. The van der Waals surface area contributed by atoms with Gasteiger partial charge in [0, 0.05) is 11.3 Å². The van der Waals surface area contributed by atoms with Gasteiger partial charge in [-0.1, -0.05) is 48.5 Å². The minimum absolute atomic E-state index is 0.140. The van der Waals surface area contributed by atoms with Gasteiger partial charge in [0.1, 0.15) is 0 Å². The summed E-state index contributed by atoms with van der Waals surface area (Å²) >= 11 is 5.24. The van der Waals surface area contributed by atoms with Gasteiger partial charge in [-0.3, -0.25) is 0 Å². The van der Waals surface area contributed by atoms with Crippen LogP contribution in [0.1, 0.15) is 17.2 Å². The van der Waals surface area contributed by atoms with E-state index in [1.165, 1.54) is 11.1 Å². The zero-order valence-electron chi connectivity index (χ0n) is 9.18. The molecule has 2 N–H and O–H groups in total. The standard InChI is InChI=1S/C14H12N2S/c17-14-15-12-9-5-4-8-11(12)13(16-14)10-6-2-1-3-7-10/h1-9,13H,(H2,15,16,17). The molecule has 3 heteroatoms. The second-order valence-electron chi connectivity index (χ2n) is 4.03. The number of fused-ring (bicyclic) bond motifs is 1. The molecule has 2 aromatic carbocycles. The smallest absolute Gasteiger partial charge is 0.171 e. The van der Waals surface area contributed by atoms with Crippen LogP contribution in [0.4, 0.5) is 5.69 Å². The highest BCUT2D eigenvalue weighted by molar-refractivity contribution is 7.80. The van der Waals surface area contributed by atoms with Gasteiger partial charge < -0.3 is 10.6 Å². The molecule has 1 unspecified atom stereocenters. The minimum Gasteiger partial charge on any atom is -0.351 e. The average Bonchev–Trinajstić information content (AvgIpc) is 2.39. The fourth-order valence-electron chi connectivity index (χ4n) is 2.14. The van der Waals surface area contributed by atoms with E-state index in [0.29, 0.717) is 5.11 Å². The van der Waals surface area contributed by atoms with Crippen molar-refractivity contribution in [3.63, 3.8) is 0 Å². The summed E-state index contributed by atoms with van der Waals surface area (Å²) in [6.07, 6.45) is 0. The Morgan fingerprint density at radius 3 is 2.41 bits per heavy atom. The van der Waals surface area contributed by atoms with Crippen molar-refractivity contribution in [1.82, 2.24) is 5.32 Å². The first-order valence-electron chi connectivity index (χ1n) is 5.56. The van der Waals surface area contributed by atoms with Crippen molar-refractivity contribution in [2.45, 2.75) is 6.04 Å². The van der Waals surface area contributed by atoms with Crippen LogP contribution in [0.15, 0.2) is 54.6 Å². The third kappa shape index (κ3) is 1.89. The lowest BCUT2D eigenvalue weighted by molar-refractivity contribution is 0.758. The van der Waals surface area contributed by atoms with Crippen molar-refractivity contribution in [1.29, 1.82) is 0 Å². The topological polar surface area (TPSA) is 24.1 Å². The molecular weight excluding hydrogens is 228 g/mol. The highest BCUT2D eigenvalue weighted by Crippen LogP contribution is 2.31. The molecule has 84 valence electrons. The fraction of sp³-hybridized carbons (Fsp3) is 0.0714. The lowest BCUT2D eigenvalue weighted by atomic mass is 9.96. The van der Waals surface area contributed by atoms with E-state index < -0.39 is 0 Å².